The second-order valence-electron chi connectivity index (χ2n) is 7.94. The minimum Gasteiger partial charge on any atom is -0.365 e. The second kappa shape index (κ2) is 7.89. The van der Waals surface area contributed by atoms with Gasteiger partial charge >= 0.3 is 0 Å². The van der Waals surface area contributed by atoms with E-state index in [2.05, 4.69) is 28.0 Å². The van der Waals surface area contributed by atoms with Gasteiger partial charge < -0.3 is 9.80 Å². The fraction of sp³-hybridized carbons (Fsp3) is 0.619. The van der Waals surface area contributed by atoms with Crippen LogP contribution in [-0.4, -0.2) is 56.5 Å². The SMILES string of the molecule is CCn1ncc2c(N(C3CCC(=O)CC3)C3CCN(C(C)=O)CC3)ccnc21. The van der Waals surface area contributed by atoms with E-state index in [4.69, 9.17) is 0 Å². The lowest BCUT2D eigenvalue weighted by Crippen LogP contribution is -2.51. The van der Waals surface area contributed by atoms with E-state index < -0.39 is 0 Å². The topological polar surface area (TPSA) is 71.3 Å². The number of anilines is 1. The molecular formula is C21H29N5O2. The van der Waals surface area contributed by atoms with Gasteiger partial charge in [0.05, 0.1) is 17.3 Å². The minimum absolute atomic E-state index is 0.156. The van der Waals surface area contributed by atoms with Crippen molar-refractivity contribution in [3.05, 3.63) is 18.5 Å². The van der Waals surface area contributed by atoms with Crippen LogP contribution in [0.5, 0.6) is 0 Å². The zero-order valence-electron chi connectivity index (χ0n) is 16.8. The number of likely N-dealkylation sites (tertiary alicyclic amines) is 1. The molecule has 1 amide bonds. The first-order chi connectivity index (χ1) is 13.6. The quantitative estimate of drug-likeness (QED) is 0.812. The minimum atomic E-state index is 0.156. The Morgan fingerprint density at radius 2 is 1.86 bits per heavy atom. The molecule has 2 aliphatic rings. The molecule has 0 unspecified atom stereocenters. The number of amides is 1. The molecule has 3 heterocycles. The lowest BCUT2D eigenvalue weighted by molar-refractivity contribution is -0.130. The number of nitrogens with zero attached hydrogens (tertiary/aromatic N) is 5. The van der Waals surface area contributed by atoms with E-state index in [1.165, 1.54) is 5.69 Å². The molecule has 4 rings (SSSR count). The standard InChI is InChI=1S/C21H29N5O2/c1-3-25-21-19(14-23-25)20(8-11-22-21)26(16-4-6-18(28)7-5-16)17-9-12-24(13-10-17)15(2)27/h8,11,14,16-17H,3-7,9-10,12-13H2,1-2H3. The summed E-state index contributed by atoms with van der Waals surface area (Å²) in [4.78, 5) is 32.6. The van der Waals surface area contributed by atoms with Gasteiger partial charge in [0.25, 0.3) is 0 Å². The van der Waals surface area contributed by atoms with Crippen molar-refractivity contribution >= 4 is 28.4 Å². The molecule has 7 nitrogen and oxygen atoms in total. The molecule has 0 aromatic carbocycles. The number of Topliss-reactive ketones (excluding diaryl/α,β-unsaturated/α-hetero) is 1. The molecule has 0 spiro atoms. The van der Waals surface area contributed by atoms with Gasteiger partial charge in [-0.25, -0.2) is 9.67 Å². The first kappa shape index (κ1) is 18.9. The third-order valence-electron chi connectivity index (χ3n) is 6.30. The van der Waals surface area contributed by atoms with Gasteiger partial charge in [-0.1, -0.05) is 0 Å². The summed E-state index contributed by atoms with van der Waals surface area (Å²) in [5.74, 6) is 0.532. The Hall–Kier alpha value is -2.44. The number of carbonyl (C=O) groups is 2. The van der Waals surface area contributed by atoms with Crippen LogP contribution in [0.3, 0.4) is 0 Å². The Morgan fingerprint density at radius 1 is 1.18 bits per heavy atom. The molecule has 1 aliphatic heterocycles. The molecule has 7 heteroatoms. The molecule has 1 saturated carbocycles. The molecule has 1 aliphatic carbocycles. The van der Waals surface area contributed by atoms with Crippen molar-refractivity contribution in [2.75, 3.05) is 18.0 Å². The maximum absolute atomic E-state index is 11.8. The number of carbonyl (C=O) groups excluding carboxylic acids is 2. The van der Waals surface area contributed by atoms with Crippen LogP contribution >= 0.6 is 0 Å². The van der Waals surface area contributed by atoms with Crippen molar-refractivity contribution in [3.63, 3.8) is 0 Å². The van der Waals surface area contributed by atoms with Crippen molar-refractivity contribution in [2.24, 2.45) is 0 Å². The average Bonchev–Trinajstić information content (AvgIpc) is 3.14. The van der Waals surface area contributed by atoms with Gasteiger partial charge in [0, 0.05) is 57.7 Å². The van der Waals surface area contributed by atoms with E-state index in [1.807, 2.05) is 22.0 Å². The fourth-order valence-electron chi connectivity index (χ4n) is 4.77. The normalized spacial score (nSPS) is 19.4. The smallest absolute Gasteiger partial charge is 0.219 e. The maximum atomic E-state index is 11.8. The monoisotopic (exact) mass is 383 g/mol. The molecule has 2 aromatic heterocycles. The molecule has 28 heavy (non-hydrogen) atoms. The van der Waals surface area contributed by atoms with Crippen molar-refractivity contribution in [1.29, 1.82) is 0 Å². The molecule has 150 valence electrons. The van der Waals surface area contributed by atoms with Gasteiger partial charge in [0.2, 0.25) is 5.91 Å². The number of ketones is 1. The fourth-order valence-corrected chi connectivity index (χ4v) is 4.77. The summed E-state index contributed by atoms with van der Waals surface area (Å²) in [5.41, 5.74) is 2.09. The number of hydrogen-bond donors (Lipinski definition) is 0. The van der Waals surface area contributed by atoms with Crippen molar-refractivity contribution in [1.82, 2.24) is 19.7 Å². The number of aromatic nitrogens is 3. The Kier molecular flexibility index (Phi) is 5.33. The molecule has 2 fully saturated rings. The van der Waals surface area contributed by atoms with E-state index in [1.54, 1.807) is 6.92 Å². The van der Waals surface area contributed by atoms with Crippen molar-refractivity contribution in [2.45, 2.75) is 71.0 Å². The van der Waals surface area contributed by atoms with E-state index in [9.17, 15) is 9.59 Å². The zero-order valence-corrected chi connectivity index (χ0v) is 16.8. The first-order valence-corrected chi connectivity index (χ1v) is 10.4. The molecule has 1 saturated heterocycles. The summed E-state index contributed by atoms with van der Waals surface area (Å²) in [6.45, 7) is 6.10. The summed E-state index contributed by atoms with van der Waals surface area (Å²) < 4.78 is 1.93. The predicted molar refractivity (Wildman–Crippen MR) is 108 cm³/mol. The molecule has 2 aromatic rings. The van der Waals surface area contributed by atoms with Gasteiger partial charge in [-0.3, -0.25) is 9.59 Å². The number of piperidine rings is 1. The van der Waals surface area contributed by atoms with Crippen LogP contribution in [0.25, 0.3) is 11.0 Å². The van der Waals surface area contributed by atoms with Crippen LogP contribution in [0, 0.1) is 0 Å². The van der Waals surface area contributed by atoms with Gasteiger partial charge in [-0.05, 0) is 38.7 Å². The number of fused-ring (bicyclic) bond motifs is 1. The zero-order chi connectivity index (χ0) is 19.7. The third kappa shape index (κ3) is 3.50. The summed E-state index contributed by atoms with van der Waals surface area (Å²) in [5, 5.41) is 5.59. The number of pyridine rings is 1. The highest BCUT2D eigenvalue weighted by atomic mass is 16.2. The molecule has 0 bridgehead atoms. The number of rotatable bonds is 4. The molecular weight excluding hydrogens is 354 g/mol. The summed E-state index contributed by atoms with van der Waals surface area (Å²) >= 11 is 0. The van der Waals surface area contributed by atoms with Crippen LogP contribution in [0.1, 0.15) is 52.4 Å². The summed E-state index contributed by atoms with van der Waals surface area (Å²) in [6.07, 6.45) is 8.83. The van der Waals surface area contributed by atoms with Gasteiger partial charge in [-0.2, -0.15) is 5.10 Å². The van der Waals surface area contributed by atoms with Crippen molar-refractivity contribution in [3.8, 4) is 0 Å². The molecule has 0 atom stereocenters. The predicted octanol–water partition coefficient (Wildman–Crippen LogP) is 2.78. The Morgan fingerprint density at radius 3 is 2.50 bits per heavy atom. The Bertz CT molecular complexity index is 859. The van der Waals surface area contributed by atoms with Crippen LogP contribution in [0.2, 0.25) is 0 Å². The first-order valence-electron chi connectivity index (χ1n) is 10.4. The van der Waals surface area contributed by atoms with Crippen molar-refractivity contribution < 1.29 is 9.59 Å². The average molecular weight is 383 g/mol. The summed E-state index contributed by atoms with van der Waals surface area (Å²) in [6, 6.07) is 2.81. The van der Waals surface area contributed by atoms with E-state index in [0.717, 1.165) is 56.4 Å². The molecule has 0 radical (unpaired) electrons. The van der Waals surface area contributed by atoms with Crippen LogP contribution in [-0.2, 0) is 16.1 Å². The second-order valence-corrected chi connectivity index (χ2v) is 7.94. The number of hydrogen-bond acceptors (Lipinski definition) is 5. The van der Waals surface area contributed by atoms with Gasteiger partial charge in [-0.15, -0.1) is 0 Å². The largest absolute Gasteiger partial charge is 0.365 e. The highest BCUT2D eigenvalue weighted by Crippen LogP contribution is 2.35. The van der Waals surface area contributed by atoms with Crippen LogP contribution in [0.4, 0.5) is 5.69 Å². The highest BCUT2D eigenvalue weighted by molar-refractivity contribution is 5.90. The van der Waals surface area contributed by atoms with Gasteiger partial charge in [0.15, 0.2) is 5.65 Å². The lowest BCUT2D eigenvalue weighted by atomic mass is 9.89. The van der Waals surface area contributed by atoms with Gasteiger partial charge in [0.1, 0.15) is 5.78 Å². The lowest BCUT2D eigenvalue weighted by Gasteiger charge is -2.45. The van der Waals surface area contributed by atoms with E-state index >= 15 is 0 Å². The molecule has 0 N–H and O–H groups in total. The highest BCUT2D eigenvalue weighted by Gasteiger charge is 2.33. The Labute approximate surface area is 165 Å². The van der Waals surface area contributed by atoms with E-state index in [-0.39, 0.29) is 5.91 Å². The third-order valence-corrected chi connectivity index (χ3v) is 6.30. The van der Waals surface area contributed by atoms with E-state index in [0.29, 0.717) is 30.7 Å². The van der Waals surface area contributed by atoms with Crippen LogP contribution < -0.4 is 4.90 Å². The Balaban J connectivity index is 1.69. The van der Waals surface area contributed by atoms with Crippen LogP contribution in [0.15, 0.2) is 18.5 Å². The maximum Gasteiger partial charge on any atom is 0.219 e. The number of aryl methyl sites for hydroxylation is 1. The summed E-state index contributed by atoms with van der Waals surface area (Å²) in [7, 11) is 0.